The molecule has 0 aromatic heterocycles. The maximum Gasteiger partial charge on any atom is 0.416 e. The maximum atomic E-state index is 13.1. The number of amides is 1. The first-order valence-electron chi connectivity index (χ1n) is 9.32. The third kappa shape index (κ3) is 6.62. The van der Waals surface area contributed by atoms with Gasteiger partial charge in [-0.1, -0.05) is 30.3 Å². The average molecular weight is 480 g/mol. The highest BCUT2D eigenvalue weighted by atomic mass is 32.2. The van der Waals surface area contributed by atoms with E-state index in [9.17, 15) is 30.8 Å². The number of hydrogen-bond acceptors (Lipinski definition) is 5. The van der Waals surface area contributed by atoms with Gasteiger partial charge in [-0.2, -0.15) is 26.7 Å². The highest BCUT2D eigenvalue weighted by Gasteiger charge is 2.32. The van der Waals surface area contributed by atoms with Gasteiger partial charge in [0.05, 0.1) is 18.2 Å². The van der Waals surface area contributed by atoms with E-state index in [1.807, 2.05) is 0 Å². The van der Waals surface area contributed by atoms with E-state index in [1.165, 1.54) is 48.5 Å². The lowest BCUT2D eigenvalue weighted by Gasteiger charge is -2.12. The molecule has 172 valence electrons. The topological polar surface area (TPSA) is 84.8 Å². The number of para-hydroxylation sites is 1. The van der Waals surface area contributed by atoms with Crippen molar-refractivity contribution in [2.24, 2.45) is 5.10 Å². The number of alkyl halides is 3. The Bertz CT molecular complexity index is 1260. The smallest absolute Gasteiger partial charge is 0.379 e. The maximum absolute atomic E-state index is 13.1. The number of nitrogens with one attached hydrogen (secondary N) is 1. The van der Waals surface area contributed by atoms with Crippen LogP contribution in [-0.2, 0) is 27.5 Å². The summed E-state index contributed by atoms with van der Waals surface area (Å²) in [5, 5.41) is 3.57. The highest BCUT2D eigenvalue weighted by molar-refractivity contribution is 7.87. The molecule has 0 aliphatic heterocycles. The zero-order valence-electron chi connectivity index (χ0n) is 16.7. The molecule has 0 unspecified atom stereocenters. The minimum Gasteiger partial charge on any atom is -0.379 e. The van der Waals surface area contributed by atoms with E-state index in [0.717, 1.165) is 12.3 Å². The number of rotatable bonds is 7. The van der Waals surface area contributed by atoms with Crippen molar-refractivity contribution in [3.05, 3.63) is 95.3 Å². The van der Waals surface area contributed by atoms with Crippen LogP contribution in [0.25, 0.3) is 0 Å². The molecule has 0 bridgehead atoms. The molecular weight excluding hydrogens is 464 g/mol. The van der Waals surface area contributed by atoms with Crippen LogP contribution in [0.3, 0.4) is 0 Å². The quantitative estimate of drug-likeness (QED) is 0.237. The fourth-order valence-electron chi connectivity index (χ4n) is 2.70. The van der Waals surface area contributed by atoms with Crippen molar-refractivity contribution in [2.45, 2.75) is 17.5 Å². The second-order valence-electron chi connectivity index (χ2n) is 6.70. The first kappa shape index (κ1) is 23.9. The highest BCUT2D eigenvalue weighted by Crippen LogP contribution is 2.32. The van der Waals surface area contributed by atoms with E-state index >= 15 is 0 Å². The molecule has 11 heteroatoms. The SMILES string of the molecule is O=C(Cc1ccc(F)cc1)NN=Cc1cc(C(F)(F)F)ccc1S(=O)(=O)Oc1ccccc1. The van der Waals surface area contributed by atoms with Gasteiger partial charge in [0.25, 0.3) is 0 Å². The van der Waals surface area contributed by atoms with Crippen LogP contribution in [0.15, 0.2) is 82.8 Å². The van der Waals surface area contributed by atoms with Crippen molar-refractivity contribution < 1.29 is 35.0 Å². The monoisotopic (exact) mass is 480 g/mol. The van der Waals surface area contributed by atoms with E-state index < -0.39 is 44.0 Å². The Balaban J connectivity index is 1.85. The summed E-state index contributed by atoms with van der Waals surface area (Å²) in [5.41, 5.74) is 1.02. The molecule has 0 saturated heterocycles. The molecule has 3 rings (SSSR count). The van der Waals surface area contributed by atoms with Crippen molar-refractivity contribution in [1.82, 2.24) is 5.43 Å². The van der Waals surface area contributed by atoms with Crippen LogP contribution in [0, 0.1) is 5.82 Å². The molecule has 0 atom stereocenters. The van der Waals surface area contributed by atoms with E-state index in [-0.39, 0.29) is 12.2 Å². The third-order valence-corrected chi connectivity index (χ3v) is 5.55. The minimum absolute atomic E-state index is 0.0344. The average Bonchev–Trinajstić information content (AvgIpc) is 2.75. The lowest BCUT2D eigenvalue weighted by atomic mass is 10.1. The van der Waals surface area contributed by atoms with Crippen molar-refractivity contribution in [1.29, 1.82) is 0 Å². The summed E-state index contributed by atoms with van der Waals surface area (Å²) < 4.78 is 82.7. The summed E-state index contributed by atoms with van der Waals surface area (Å²) in [4.78, 5) is 11.4. The number of nitrogens with zero attached hydrogens (tertiary/aromatic N) is 1. The van der Waals surface area contributed by atoms with Gasteiger partial charge in [0.2, 0.25) is 5.91 Å². The Labute approximate surface area is 186 Å². The van der Waals surface area contributed by atoms with Gasteiger partial charge in [0.1, 0.15) is 16.5 Å². The van der Waals surface area contributed by atoms with Gasteiger partial charge < -0.3 is 4.18 Å². The van der Waals surface area contributed by atoms with Gasteiger partial charge in [0, 0.05) is 5.56 Å². The molecule has 0 saturated carbocycles. The molecule has 0 aliphatic rings. The number of halogens is 4. The summed E-state index contributed by atoms with van der Waals surface area (Å²) in [6, 6.07) is 14.4. The van der Waals surface area contributed by atoms with Gasteiger partial charge in [-0.05, 0) is 48.0 Å². The van der Waals surface area contributed by atoms with Gasteiger partial charge in [-0.3, -0.25) is 4.79 Å². The molecule has 0 fully saturated rings. The first-order valence-corrected chi connectivity index (χ1v) is 10.7. The number of carbonyl (C=O) groups is 1. The number of carbonyl (C=O) groups excluding carboxylic acids is 1. The predicted octanol–water partition coefficient (Wildman–Crippen LogP) is 4.31. The van der Waals surface area contributed by atoms with Gasteiger partial charge in [0.15, 0.2) is 0 Å². The standard InChI is InChI=1S/C22H16F4N2O4S/c23-18-9-6-15(7-10-18)12-21(29)28-27-14-16-13-17(22(24,25)26)8-11-20(16)33(30,31)32-19-4-2-1-3-5-19/h1-11,13-14H,12H2,(H,28,29). The molecule has 3 aromatic carbocycles. The molecule has 3 aromatic rings. The molecule has 0 spiro atoms. The largest absolute Gasteiger partial charge is 0.416 e. The van der Waals surface area contributed by atoms with Crippen LogP contribution < -0.4 is 9.61 Å². The van der Waals surface area contributed by atoms with Crippen LogP contribution in [0.1, 0.15) is 16.7 Å². The number of hydrazone groups is 1. The number of hydrogen-bond donors (Lipinski definition) is 1. The summed E-state index contributed by atoms with van der Waals surface area (Å²) >= 11 is 0. The number of benzene rings is 3. The normalized spacial score (nSPS) is 12.0. The van der Waals surface area contributed by atoms with Crippen LogP contribution in [-0.4, -0.2) is 20.5 Å². The molecule has 0 radical (unpaired) electrons. The Kier molecular flexibility index (Phi) is 7.12. The lowest BCUT2D eigenvalue weighted by Crippen LogP contribution is -2.20. The van der Waals surface area contributed by atoms with Crippen molar-refractivity contribution in [3.8, 4) is 5.75 Å². The van der Waals surface area contributed by atoms with E-state index in [1.54, 1.807) is 6.07 Å². The van der Waals surface area contributed by atoms with Crippen LogP contribution in [0.2, 0.25) is 0 Å². The zero-order chi connectivity index (χ0) is 24.1. The summed E-state index contributed by atoms with van der Waals surface area (Å²) in [7, 11) is -4.52. The second kappa shape index (κ2) is 9.82. The van der Waals surface area contributed by atoms with E-state index in [0.29, 0.717) is 17.7 Å². The van der Waals surface area contributed by atoms with Crippen molar-refractivity contribution in [3.63, 3.8) is 0 Å². The summed E-state index contributed by atoms with van der Waals surface area (Å²) in [5.74, 6) is -1.16. The minimum atomic E-state index is -4.74. The van der Waals surface area contributed by atoms with Crippen molar-refractivity contribution >= 4 is 22.2 Å². The lowest BCUT2D eigenvalue weighted by molar-refractivity contribution is -0.137. The first-order chi connectivity index (χ1) is 15.5. The van der Waals surface area contributed by atoms with Gasteiger partial charge >= 0.3 is 16.3 Å². The van der Waals surface area contributed by atoms with Crippen LogP contribution >= 0.6 is 0 Å². The van der Waals surface area contributed by atoms with Crippen LogP contribution in [0.5, 0.6) is 5.75 Å². The fraction of sp³-hybridized carbons (Fsp3) is 0.0909. The van der Waals surface area contributed by atoms with Gasteiger partial charge in [-0.15, -0.1) is 0 Å². The summed E-state index contributed by atoms with van der Waals surface area (Å²) in [6.07, 6.45) is -4.14. The van der Waals surface area contributed by atoms with Crippen molar-refractivity contribution in [2.75, 3.05) is 0 Å². The van der Waals surface area contributed by atoms with E-state index in [2.05, 4.69) is 10.5 Å². The molecule has 33 heavy (non-hydrogen) atoms. The Morgan fingerprint density at radius 1 is 1.00 bits per heavy atom. The Hall–Kier alpha value is -3.73. The van der Waals surface area contributed by atoms with E-state index in [4.69, 9.17) is 4.18 Å². The summed E-state index contributed by atoms with van der Waals surface area (Å²) in [6.45, 7) is 0. The van der Waals surface area contributed by atoms with Crippen LogP contribution in [0.4, 0.5) is 17.6 Å². The molecular formula is C22H16F4N2O4S. The molecule has 0 aliphatic carbocycles. The molecule has 0 heterocycles. The second-order valence-corrected chi connectivity index (χ2v) is 8.21. The third-order valence-electron chi connectivity index (χ3n) is 4.23. The zero-order valence-corrected chi connectivity index (χ0v) is 17.5. The molecule has 1 N–H and O–H groups in total. The van der Waals surface area contributed by atoms with Gasteiger partial charge in [-0.25, -0.2) is 9.82 Å². The fourth-order valence-corrected chi connectivity index (χ4v) is 3.79. The molecule has 6 nitrogen and oxygen atoms in total. The Morgan fingerprint density at radius 3 is 2.30 bits per heavy atom. The predicted molar refractivity (Wildman–Crippen MR) is 112 cm³/mol. The molecule has 1 amide bonds. The Morgan fingerprint density at radius 2 is 1.67 bits per heavy atom.